The SMILES string of the molecule is COc1ccc(S(=O)(=O)[C@@](C)(O)[C@](N)(Cc2ccccc2)NC(=O)O[C@H]2CO[C@H]3OCC[C@H]32)cc1CC(C)(C)CCCN. The lowest BCUT2D eigenvalue weighted by Crippen LogP contribution is -2.73. The summed E-state index contributed by atoms with van der Waals surface area (Å²) in [5.74, 6) is 0.389. The van der Waals surface area contributed by atoms with E-state index in [4.69, 9.17) is 30.4 Å². The van der Waals surface area contributed by atoms with E-state index in [0.29, 0.717) is 42.9 Å². The highest BCUT2D eigenvalue weighted by molar-refractivity contribution is 7.92. The number of aliphatic hydroxyl groups is 1. The summed E-state index contributed by atoms with van der Waals surface area (Å²) < 4.78 is 50.7. The molecule has 0 saturated carbocycles. The fourth-order valence-corrected chi connectivity index (χ4v) is 7.46. The Kier molecular flexibility index (Phi) is 10.1. The number of carbonyl (C=O) groups is 1. The maximum Gasteiger partial charge on any atom is 0.409 e. The van der Waals surface area contributed by atoms with Gasteiger partial charge in [-0.15, -0.1) is 0 Å². The number of alkyl carbamates (subject to hydrolysis) is 1. The third kappa shape index (κ3) is 7.16. The van der Waals surface area contributed by atoms with Crippen LogP contribution in [-0.2, 0) is 36.9 Å². The predicted octanol–water partition coefficient (Wildman–Crippen LogP) is 2.87. The summed E-state index contributed by atoms with van der Waals surface area (Å²) in [5.41, 5.74) is 11.3. The molecule has 2 heterocycles. The summed E-state index contributed by atoms with van der Waals surface area (Å²) in [4.78, 5) is 10.4. The van der Waals surface area contributed by atoms with Crippen molar-refractivity contribution < 1.29 is 37.3 Å². The molecule has 11 nitrogen and oxygen atoms in total. The predicted molar refractivity (Wildman–Crippen MR) is 161 cm³/mol. The van der Waals surface area contributed by atoms with Crippen molar-refractivity contribution in [3.05, 3.63) is 59.7 Å². The largest absolute Gasteiger partial charge is 0.496 e. The van der Waals surface area contributed by atoms with Crippen LogP contribution in [0.15, 0.2) is 53.4 Å². The van der Waals surface area contributed by atoms with Crippen molar-refractivity contribution in [2.24, 2.45) is 22.8 Å². The standard InChI is InChI=1S/C31H45N3O8S/c1-29(2,14-8-15-32)19-22-17-23(11-12-25(22)39-4)43(37,38)30(3,36)31(33,18-21-9-6-5-7-10-21)34-28(35)42-26-20-41-27-24(26)13-16-40-27/h5-7,9-12,17,24,26-27,36H,8,13-16,18-20,32-33H2,1-4H3,(H,34,35)/t24-,26-,27+,30+,31-/m0/s1. The van der Waals surface area contributed by atoms with Gasteiger partial charge in [-0.2, -0.15) is 0 Å². The number of nitrogens with two attached hydrogens (primary N) is 2. The number of benzene rings is 2. The third-order valence-corrected chi connectivity index (χ3v) is 10.8. The molecule has 2 aliphatic heterocycles. The molecule has 0 aliphatic carbocycles. The van der Waals surface area contributed by atoms with Gasteiger partial charge in [-0.3, -0.25) is 5.32 Å². The molecule has 0 unspecified atom stereocenters. The molecule has 2 saturated heterocycles. The molecule has 2 aromatic carbocycles. The second-order valence-corrected chi connectivity index (χ2v) is 14.7. The van der Waals surface area contributed by atoms with Crippen LogP contribution in [0.5, 0.6) is 5.75 Å². The maximum atomic E-state index is 14.2. The van der Waals surface area contributed by atoms with Gasteiger partial charge < -0.3 is 35.5 Å². The van der Waals surface area contributed by atoms with Crippen molar-refractivity contribution in [3.8, 4) is 5.75 Å². The summed E-state index contributed by atoms with van der Waals surface area (Å²) in [5, 5.41) is 14.4. The van der Waals surface area contributed by atoms with Gasteiger partial charge in [0, 0.05) is 6.42 Å². The molecule has 2 fully saturated rings. The van der Waals surface area contributed by atoms with Crippen molar-refractivity contribution in [2.75, 3.05) is 26.9 Å². The number of methoxy groups -OCH3 is 1. The number of amides is 1. The summed E-state index contributed by atoms with van der Waals surface area (Å²) >= 11 is 0. The first-order valence-corrected chi connectivity index (χ1v) is 16.1. The molecule has 6 N–H and O–H groups in total. The number of sulfone groups is 1. The van der Waals surface area contributed by atoms with Crippen molar-refractivity contribution in [1.29, 1.82) is 0 Å². The fourth-order valence-electron chi connectivity index (χ4n) is 5.85. The fraction of sp³-hybridized carbons (Fsp3) is 0.581. The van der Waals surface area contributed by atoms with Crippen molar-refractivity contribution in [2.45, 2.75) is 80.8 Å². The molecule has 0 spiro atoms. The van der Waals surface area contributed by atoms with Crippen LogP contribution in [0, 0.1) is 11.3 Å². The Morgan fingerprint density at radius 2 is 1.84 bits per heavy atom. The zero-order valence-corrected chi connectivity index (χ0v) is 26.2. The number of hydrogen-bond donors (Lipinski definition) is 4. The number of carbonyl (C=O) groups excluding carboxylic acids is 1. The van der Waals surface area contributed by atoms with E-state index in [-0.39, 0.29) is 29.3 Å². The van der Waals surface area contributed by atoms with Crippen LogP contribution in [0.1, 0.15) is 51.2 Å². The monoisotopic (exact) mass is 619 g/mol. The minimum Gasteiger partial charge on any atom is -0.496 e. The third-order valence-electron chi connectivity index (χ3n) is 8.53. The van der Waals surface area contributed by atoms with Crippen molar-refractivity contribution in [3.63, 3.8) is 0 Å². The molecule has 2 aliphatic rings. The topological polar surface area (TPSA) is 172 Å². The van der Waals surface area contributed by atoms with E-state index in [1.807, 2.05) is 0 Å². The first kappa shape index (κ1) is 33.2. The summed E-state index contributed by atoms with van der Waals surface area (Å²) in [6.07, 6.45) is 0.609. The summed E-state index contributed by atoms with van der Waals surface area (Å²) in [6.45, 7) is 6.44. The quantitative estimate of drug-likeness (QED) is 0.244. The van der Waals surface area contributed by atoms with E-state index in [2.05, 4.69) is 19.2 Å². The van der Waals surface area contributed by atoms with Crippen LogP contribution in [0.25, 0.3) is 0 Å². The van der Waals surface area contributed by atoms with Gasteiger partial charge in [0.05, 0.1) is 31.1 Å². The normalized spacial score (nSPS) is 23.2. The summed E-state index contributed by atoms with van der Waals surface area (Å²) in [7, 11) is -3.06. The van der Waals surface area contributed by atoms with Crippen LogP contribution in [0.4, 0.5) is 4.79 Å². The average Bonchev–Trinajstić information content (AvgIpc) is 3.57. The molecular formula is C31H45N3O8S. The van der Waals surface area contributed by atoms with E-state index in [0.717, 1.165) is 19.8 Å². The number of ether oxygens (including phenoxy) is 4. The Hall–Kier alpha value is -2.74. The lowest BCUT2D eigenvalue weighted by molar-refractivity contribution is -0.0907. The highest BCUT2D eigenvalue weighted by Crippen LogP contribution is 2.38. The smallest absolute Gasteiger partial charge is 0.409 e. The highest BCUT2D eigenvalue weighted by atomic mass is 32.2. The summed E-state index contributed by atoms with van der Waals surface area (Å²) in [6, 6.07) is 13.2. The molecule has 2 aromatic rings. The van der Waals surface area contributed by atoms with Crippen molar-refractivity contribution in [1.82, 2.24) is 5.32 Å². The van der Waals surface area contributed by atoms with Crippen LogP contribution in [0.2, 0.25) is 0 Å². The molecule has 4 rings (SSSR count). The first-order valence-electron chi connectivity index (χ1n) is 14.6. The highest BCUT2D eigenvalue weighted by Gasteiger charge is 2.56. The number of fused-ring (bicyclic) bond motifs is 1. The zero-order chi connectivity index (χ0) is 31.5. The molecule has 0 aromatic heterocycles. The number of hydrogen-bond acceptors (Lipinski definition) is 10. The van der Waals surface area contributed by atoms with Gasteiger partial charge in [0.15, 0.2) is 6.29 Å². The molecule has 0 radical (unpaired) electrons. The molecule has 1 amide bonds. The van der Waals surface area contributed by atoms with E-state index in [1.54, 1.807) is 36.4 Å². The first-order chi connectivity index (χ1) is 20.2. The number of rotatable bonds is 13. The van der Waals surface area contributed by atoms with Crippen LogP contribution < -0.4 is 21.5 Å². The Bertz CT molecular complexity index is 1370. The van der Waals surface area contributed by atoms with E-state index in [1.165, 1.54) is 19.2 Å². The lowest BCUT2D eigenvalue weighted by atomic mass is 9.81. The van der Waals surface area contributed by atoms with Crippen LogP contribution in [-0.4, -0.2) is 69.5 Å². The van der Waals surface area contributed by atoms with E-state index in [9.17, 15) is 18.3 Å². The molecule has 5 atom stereocenters. The number of nitrogens with one attached hydrogen (secondary N) is 1. The Morgan fingerprint density at radius 3 is 2.51 bits per heavy atom. The second-order valence-electron chi connectivity index (χ2n) is 12.4. The maximum absolute atomic E-state index is 14.2. The average molecular weight is 620 g/mol. The van der Waals surface area contributed by atoms with E-state index < -0.39 is 38.9 Å². The van der Waals surface area contributed by atoms with Gasteiger partial charge in [-0.1, -0.05) is 44.2 Å². The molecular weight excluding hydrogens is 574 g/mol. The Morgan fingerprint density at radius 1 is 1.12 bits per heavy atom. The van der Waals surface area contributed by atoms with Gasteiger partial charge in [-0.05, 0) is 73.9 Å². The minimum absolute atomic E-state index is 0.136. The lowest BCUT2D eigenvalue weighted by Gasteiger charge is -2.42. The minimum atomic E-state index is -4.58. The Balaban J connectivity index is 1.66. The molecule has 12 heteroatoms. The van der Waals surface area contributed by atoms with Gasteiger partial charge in [0.25, 0.3) is 0 Å². The van der Waals surface area contributed by atoms with Gasteiger partial charge in [0.1, 0.15) is 17.5 Å². The van der Waals surface area contributed by atoms with Gasteiger partial charge in [-0.25, -0.2) is 13.2 Å². The molecule has 43 heavy (non-hydrogen) atoms. The van der Waals surface area contributed by atoms with Crippen molar-refractivity contribution >= 4 is 15.9 Å². The molecule has 238 valence electrons. The van der Waals surface area contributed by atoms with E-state index >= 15 is 0 Å². The zero-order valence-electron chi connectivity index (χ0n) is 25.4. The van der Waals surface area contributed by atoms with Gasteiger partial charge in [0.2, 0.25) is 14.8 Å². The Labute approximate surface area is 254 Å². The van der Waals surface area contributed by atoms with Crippen LogP contribution >= 0.6 is 0 Å². The second kappa shape index (κ2) is 13.1. The van der Waals surface area contributed by atoms with Gasteiger partial charge >= 0.3 is 6.09 Å². The van der Waals surface area contributed by atoms with Crippen LogP contribution in [0.3, 0.4) is 0 Å². The molecule has 0 bridgehead atoms.